The van der Waals surface area contributed by atoms with Gasteiger partial charge in [-0.25, -0.2) is 0 Å². The standard InChI is InChI=1S/C32H45N5O3.2ClH/c1-21(26-17-9-14-23-11-7-8-16-27(23)26)34-31(39)28-20-36-18-10-15-25(36)19-37(28)32(40)29(24-12-5-4-6-13-24)35-30(38)22(2)33-3;;/h7-9,11,14,16-17,21-22,24-25,28-29,33H,4-6,10,12-13,15,18-20H2,1-3H3,(H,34,39)(H,35,38);2*1H/t21-,22+,25-,28+,29+;;/m1../s1. The van der Waals surface area contributed by atoms with Crippen molar-refractivity contribution in [3.8, 4) is 0 Å². The fourth-order valence-corrected chi connectivity index (χ4v) is 6.94. The highest BCUT2D eigenvalue weighted by Crippen LogP contribution is 2.31. The molecule has 2 aromatic carbocycles. The van der Waals surface area contributed by atoms with E-state index in [1.54, 1.807) is 18.9 Å². The number of nitrogens with one attached hydrogen (secondary N) is 3. The lowest BCUT2D eigenvalue weighted by atomic mass is 9.82. The third-order valence-corrected chi connectivity index (χ3v) is 9.44. The number of nitrogens with zero attached hydrogens (tertiary/aromatic N) is 2. The van der Waals surface area contributed by atoms with Crippen molar-refractivity contribution in [2.24, 2.45) is 5.92 Å². The number of piperazine rings is 1. The number of amides is 3. The molecule has 5 rings (SSSR count). The fourth-order valence-electron chi connectivity index (χ4n) is 6.94. The van der Waals surface area contributed by atoms with Crippen molar-refractivity contribution in [1.82, 2.24) is 25.8 Å². The molecule has 0 aromatic heterocycles. The number of fused-ring (bicyclic) bond motifs is 2. The quantitative estimate of drug-likeness (QED) is 0.412. The molecule has 3 N–H and O–H groups in total. The summed E-state index contributed by atoms with van der Waals surface area (Å²) in [7, 11) is 1.75. The Labute approximate surface area is 262 Å². The van der Waals surface area contributed by atoms with E-state index < -0.39 is 18.1 Å². The minimum atomic E-state index is -0.609. The molecule has 1 saturated carbocycles. The lowest BCUT2D eigenvalue weighted by Gasteiger charge is -2.45. The summed E-state index contributed by atoms with van der Waals surface area (Å²) in [5.74, 6) is -0.310. The van der Waals surface area contributed by atoms with Crippen molar-refractivity contribution in [1.29, 1.82) is 0 Å². The Balaban J connectivity index is 0.00000242. The van der Waals surface area contributed by atoms with E-state index >= 15 is 0 Å². The zero-order valence-corrected chi connectivity index (χ0v) is 26.6. The number of hydrogen-bond donors (Lipinski definition) is 3. The molecular formula is C32H47Cl2N5O3. The summed E-state index contributed by atoms with van der Waals surface area (Å²) in [6.07, 6.45) is 7.24. The van der Waals surface area contributed by atoms with E-state index in [0.29, 0.717) is 13.1 Å². The molecule has 0 bridgehead atoms. The fraction of sp³-hybridized carbons (Fsp3) is 0.594. The van der Waals surface area contributed by atoms with Gasteiger partial charge in [0, 0.05) is 19.1 Å². The molecule has 10 heteroatoms. The minimum Gasteiger partial charge on any atom is -0.348 e. The van der Waals surface area contributed by atoms with Crippen molar-refractivity contribution in [2.45, 2.75) is 89.0 Å². The predicted octanol–water partition coefficient (Wildman–Crippen LogP) is 4.21. The van der Waals surface area contributed by atoms with Crippen LogP contribution in [0.25, 0.3) is 10.8 Å². The molecule has 3 amide bonds. The molecule has 232 valence electrons. The summed E-state index contributed by atoms with van der Waals surface area (Å²) in [5.41, 5.74) is 1.06. The third kappa shape index (κ3) is 7.39. The van der Waals surface area contributed by atoms with E-state index in [9.17, 15) is 14.4 Å². The molecule has 0 unspecified atom stereocenters. The zero-order valence-electron chi connectivity index (χ0n) is 25.0. The molecule has 2 saturated heterocycles. The maximum atomic E-state index is 14.4. The minimum absolute atomic E-state index is 0. The van der Waals surface area contributed by atoms with Gasteiger partial charge in [-0.05, 0) is 75.4 Å². The molecular weight excluding hydrogens is 573 g/mol. The zero-order chi connectivity index (χ0) is 28.2. The van der Waals surface area contributed by atoms with E-state index in [1.807, 2.05) is 25.1 Å². The van der Waals surface area contributed by atoms with Gasteiger partial charge in [-0.1, -0.05) is 61.7 Å². The Morgan fingerprint density at radius 2 is 1.57 bits per heavy atom. The van der Waals surface area contributed by atoms with Crippen molar-refractivity contribution < 1.29 is 14.4 Å². The number of halogens is 2. The van der Waals surface area contributed by atoms with Crippen molar-refractivity contribution in [3.05, 3.63) is 48.0 Å². The monoisotopic (exact) mass is 619 g/mol. The molecule has 0 spiro atoms. The molecule has 3 aliphatic rings. The maximum Gasteiger partial charge on any atom is 0.246 e. The molecule has 0 radical (unpaired) electrons. The van der Waals surface area contributed by atoms with Crippen LogP contribution in [0.15, 0.2) is 42.5 Å². The van der Waals surface area contributed by atoms with Crippen molar-refractivity contribution in [3.63, 3.8) is 0 Å². The Morgan fingerprint density at radius 1 is 0.857 bits per heavy atom. The van der Waals surface area contributed by atoms with Crippen LogP contribution in [-0.4, -0.2) is 78.4 Å². The van der Waals surface area contributed by atoms with Crippen LogP contribution in [0.3, 0.4) is 0 Å². The van der Waals surface area contributed by atoms with Gasteiger partial charge in [-0.3, -0.25) is 19.3 Å². The molecule has 5 atom stereocenters. The third-order valence-electron chi connectivity index (χ3n) is 9.44. The highest BCUT2D eigenvalue weighted by Gasteiger charge is 2.45. The Kier molecular flexibility index (Phi) is 12.5. The van der Waals surface area contributed by atoms with Crippen LogP contribution in [-0.2, 0) is 14.4 Å². The molecule has 1 aliphatic carbocycles. The number of hydrogen-bond acceptors (Lipinski definition) is 5. The van der Waals surface area contributed by atoms with Crippen LogP contribution in [0, 0.1) is 5.92 Å². The van der Waals surface area contributed by atoms with Gasteiger partial charge in [0.1, 0.15) is 12.1 Å². The van der Waals surface area contributed by atoms with Crippen LogP contribution in [0.2, 0.25) is 0 Å². The Morgan fingerprint density at radius 3 is 2.31 bits per heavy atom. The van der Waals surface area contributed by atoms with Gasteiger partial charge < -0.3 is 20.9 Å². The van der Waals surface area contributed by atoms with Crippen molar-refractivity contribution in [2.75, 3.05) is 26.7 Å². The van der Waals surface area contributed by atoms with E-state index in [-0.39, 0.29) is 60.5 Å². The lowest BCUT2D eigenvalue weighted by molar-refractivity contribution is -0.149. The second-order valence-corrected chi connectivity index (χ2v) is 12.0. The Bertz CT molecular complexity index is 1220. The van der Waals surface area contributed by atoms with Gasteiger partial charge in [0.15, 0.2) is 0 Å². The second kappa shape index (κ2) is 15.4. The summed E-state index contributed by atoms with van der Waals surface area (Å²) in [4.78, 5) is 45.5. The highest BCUT2D eigenvalue weighted by atomic mass is 35.5. The first-order valence-electron chi connectivity index (χ1n) is 15.2. The normalized spacial score (nSPS) is 23.1. The number of rotatable bonds is 8. The van der Waals surface area contributed by atoms with Crippen LogP contribution in [0.5, 0.6) is 0 Å². The Hall–Kier alpha value is -2.39. The van der Waals surface area contributed by atoms with Gasteiger partial charge in [0.25, 0.3) is 0 Å². The molecule has 2 aromatic rings. The first-order chi connectivity index (χ1) is 19.4. The SMILES string of the molecule is CN[C@@H](C)C(=O)N[C@H](C(=O)N1C[C@H]2CCCN2C[C@H]1C(=O)N[C@H](C)c1cccc2ccccc12)C1CCCCC1.Cl.Cl. The van der Waals surface area contributed by atoms with Crippen LogP contribution in [0.1, 0.15) is 70.4 Å². The molecule has 3 fully saturated rings. The highest BCUT2D eigenvalue weighted by molar-refractivity contribution is 5.94. The van der Waals surface area contributed by atoms with Crippen molar-refractivity contribution >= 4 is 53.3 Å². The average Bonchev–Trinajstić information content (AvgIpc) is 3.46. The molecule has 42 heavy (non-hydrogen) atoms. The van der Waals surface area contributed by atoms with E-state index in [2.05, 4.69) is 45.1 Å². The van der Waals surface area contributed by atoms with Crippen LogP contribution < -0.4 is 16.0 Å². The van der Waals surface area contributed by atoms with E-state index in [1.165, 1.54) is 0 Å². The topological polar surface area (TPSA) is 93.8 Å². The summed E-state index contributed by atoms with van der Waals surface area (Å²) < 4.78 is 0. The van der Waals surface area contributed by atoms with Gasteiger partial charge >= 0.3 is 0 Å². The average molecular weight is 621 g/mol. The van der Waals surface area contributed by atoms with E-state index in [0.717, 1.165) is 67.8 Å². The molecule has 2 aliphatic heterocycles. The summed E-state index contributed by atoms with van der Waals surface area (Å²) in [6.45, 7) is 5.83. The van der Waals surface area contributed by atoms with Gasteiger partial charge in [-0.15, -0.1) is 24.8 Å². The summed E-state index contributed by atoms with van der Waals surface area (Å²) >= 11 is 0. The largest absolute Gasteiger partial charge is 0.348 e. The number of benzene rings is 2. The van der Waals surface area contributed by atoms with Gasteiger partial charge in [-0.2, -0.15) is 0 Å². The number of carbonyl (C=O) groups is 3. The van der Waals surface area contributed by atoms with Crippen LogP contribution in [0.4, 0.5) is 0 Å². The molecule has 2 heterocycles. The first-order valence-corrected chi connectivity index (χ1v) is 15.2. The summed E-state index contributed by atoms with van der Waals surface area (Å²) in [6, 6.07) is 12.8. The number of carbonyl (C=O) groups excluding carboxylic acids is 3. The van der Waals surface area contributed by atoms with E-state index in [4.69, 9.17) is 0 Å². The smallest absolute Gasteiger partial charge is 0.246 e. The van der Waals surface area contributed by atoms with Gasteiger partial charge in [0.05, 0.1) is 12.1 Å². The lowest BCUT2D eigenvalue weighted by Crippen LogP contribution is -2.66. The second-order valence-electron chi connectivity index (χ2n) is 12.0. The van der Waals surface area contributed by atoms with Gasteiger partial charge in [0.2, 0.25) is 17.7 Å². The molecule has 8 nitrogen and oxygen atoms in total. The summed E-state index contributed by atoms with van der Waals surface area (Å²) in [5, 5.41) is 11.6. The van der Waals surface area contributed by atoms with Crippen LogP contribution >= 0.6 is 24.8 Å². The predicted molar refractivity (Wildman–Crippen MR) is 172 cm³/mol. The first kappa shape index (κ1) is 34.1. The maximum absolute atomic E-state index is 14.4. The number of likely N-dealkylation sites (N-methyl/N-ethyl adjacent to an activating group) is 1.